The molecule has 3 heterocycles. The van der Waals surface area contributed by atoms with Gasteiger partial charge in [0.1, 0.15) is 0 Å². The highest BCUT2D eigenvalue weighted by molar-refractivity contribution is 6.22. The maximum Gasteiger partial charge on any atom is 0.251 e. The zero-order chi connectivity index (χ0) is 15.9. The molecule has 122 valence electrons. The first kappa shape index (κ1) is 14.8. The molecular formula is C17H20N2O4. The minimum Gasteiger partial charge on any atom is -0.347 e. The van der Waals surface area contributed by atoms with E-state index >= 15 is 0 Å². The summed E-state index contributed by atoms with van der Waals surface area (Å²) in [6.45, 7) is 2.71. The second kappa shape index (κ2) is 5.70. The number of ether oxygens (including phenoxy) is 2. The van der Waals surface area contributed by atoms with E-state index in [4.69, 9.17) is 9.47 Å². The molecule has 0 radical (unpaired) electrons. The largest absolute Gasteiger partial charge is 0.347 e. The molecule has 1 aromatic carbocycles. The summed E-state index contributed by atoms with van der Waals surface area (Å²) in [5, 5.41) is 0. The first-order chi connectivity index (χ1) is 11.2. The highest BCUT2D eigenvalue weighted by Gasteiger charge is 2.47. The number of imide groups is 1. The van der Waals surface area contributed by atoms with Gasteiger partial charge in [0, 0.05) is 25.9 Å². The van der Waals surface area contributed by atoms with Crippen molar-refractivity contribution in [1.29, 1.82) is 0 Å². The van der Waals surface area contributed by atoms with E-state index in [0.29, 0.717) is 32.0 Å². The molecule has 3 fully saturated rings. The monoisotopic (exact) mass is 316 g/mol. The van der Waals surface area contributed by atoms with Crippen LogP contribution in [0.1, 0.15) is 19.3 Å². The summed E-state index contributed by atoms with van der Waals surface area (Å²) in [6, 6.07) is 8.78. The first-order valence-electron chi connectivity index (χ1n) is 8.12. The number of para-hydroxylation sites is 1. The van der Waals surface area contributed by atoms with Crippen LogP contribution in [0, 0.1) is 0 Å². The Balaban J connectivity index is 1.47. The van der Waals surface area contributed by atoms with Crippen molar-refractivity contribution >= 4 is 17.5 Å². The van der Waals surface area contributed by atoms with E-state index in [9.17, 15) is 9.59 Å². The predicted octanol–water partition coefficient (Wildman–Crippen LogP) is 1.16. The lowest BCUT2D eigenvalue weighted by atomic mass is 10.0. The fraction of sp³-hybridized carbons (Fsp3) is 0.529. The van der Waals surface area contributed by atoms with Crippen LogP contribution in [-0.2, 0) is 19.1 Å². The van der Waals surface area contributed by atoms with E-state index < -0.39 is 5.79 Å². The van der Waals surface area contributed by atoms with Gasteiger partial charge in [-0.05, 0) is 12.1 Å². The summed E-state index contributed by atoms with van der Waals surface area (Å²) in [6.07, 6.45) is 1.75. The van der Waals surface area contributed by atoms with Crippen LogP contribution in [0.15, 0.2) is 30.3 Å². The number of amides is 2. The van der Waals surface area contributed by atoms with Gasteiger partial charge in [-0.25, -0.2) is 4.90 Å². The van der Waals surface area contributed by atoms with Crippen LogP contribution in [0.25, 0.3) is 0 Å². The lowest BCUT2D eigenvalue weighted by Gasteiger charge is -2.39. The maximum atomic E-state index is 12.7. The van der Waals surface area contributed by atoms with Crippen molar-refractivity contribution < 1.29 is 19.1 Å². The number of likely N-dealkylation sites (tertiary alicyclic amines) is 1. The van der Waals surface area contributed by atoms with Crippen LogP contribution >= 0.6 is 0 Å². The van der Waals surface area contributed by atoms with E-state index in [1.807, 2.05) is 18.2 Å². The molecule has 23 heavy (non-hydrogen) atoms. The number of rotatable bonds is 2. The Morgan fingerprint density at radius 3 is 2.30 bits per heavy atom. The van der Waals surface area contributed by atoms with Crippen molar-refractivity contribution in [3.63, 3.8) is 0 Å². The SMILES string of the molecule is O=C1CC(N2CCC3(CC2)OCCO3)C(=O)N1c1ccccc1. The van der Waals surface area contributed by atoms with Crippen LogP contribution in [0.3, 0.4) is 0 Å². The Morgan fingerprint density at radius 1 is 1.00 bits per heavy atom. The summed E-state index contributed by atoms with van der Waals surface area (Å²) >= 11 is 0. The quantitative estimate of drug-likeness (QED) is 0.766. The van der Waals surface area contributed by atoms with Gasteiger partial charge in [-0.1, -0.05) is 18.2 Å². The van der Waals surface area contributed by atoms with Gasteiger partial charge in [0.05, 0.1) is 31.4 Å². The second-order valence-corrected chi connectivity index (χ2v) is 6.27. The Hall–Kier alpha value is -1.76. The Morgan fingerprint density at radius 2 is 1.65 bits per heavy atom. The minimum absolute atomic E-state index is 0.120. The molecule has 0 aromatic heterocycles. The smallest absolute Gasteiger partial charge is 0.251 e. The van der Waals surface area contributed by atoms with E-state index in [1.54, 1.807) is 12.1 Å². The molecule has 3 aliphatic heterocycles. The van der Waals surface area contributed by atoms with E-state index in [-0.39, 0.29) is 24.3 Å². The summed E-state index contributed by atoms with van der Waals surface area (Å²) in [5.74, 6) is -0.702. The van der Waals surface area contributed by atoms with Crippen molar-refractivity contribution in [1.82, 2.24) is 4.90 Å². The number of hydrogen-bond donors (Lipinski definition) is 0. The predicted molar refractivity (Wildman–Crippen MR) is 82.8 cm³/mol. The first-order valence-corrected chi connectivity index (χ1v) is 8.12. The number of benzene rings is 1. The number of piperidine rings is 1. The van der Waals surface area contributed by atoms with Crippen LogP contribution in [0.2, 0.25) is 0 Å². The van der Waals surface area contributed by atoms with E-state index in [0.717, 1.165) is 12.8 Å². The van der Waals surface area contributed by atoms with Gasteiger partial charge < -0.3 is 9.47 Å². The molecule has 0 saturated carbocycles. The average molecular weight is 316 g/mol. The van der Waals surface area contributed by atoms with Crippen molar-refractivity contribution in [2.24, 2.45) is 0 Å². The molecule has 0 bridgehead atoms. The standard InChI is InChI=1S/C17H20N2O4/c20-15-12-14(16(21)19(15)13-4-2-1-3-5-13)18-8-6-17(7-9-18)22-10-11-23-17/h1-5,14H,6-12H2. The molecule has 1 atom stereocenters. The molecule has 6 heteroatoms. The third-order valence-corrected chi connectivity index (χ3v) is 4.95. The highest BCUT2D eigenvalue weighted by atomic mass is 16.7. The number of anilines is 1. The molecule has 1 spiro atoms. The topological polar surface area (TPSA) is 59.1 Å². The summed E-state index contributed by atoms with van der Waals surface area (Å²) in [4.78, 5) is 28.5. The van der Waals surface area contributed by atoms with Gasteiger partial charge in [0.2, 0.25) is 5.91 Å². The van der Waals surface area contributed by atoms with Gasteiger partial charge in [0.25, 0.3) is 5.91 Å². The minimum atomic E-state index is -0.457. The highest BCUT2D eigenvalue weighted by Crippen LogP contribution is 2.34. The van der Waals surface area contributed by atoms with Gasteiger partial charge in [0.15, 0.2) is 5.79 Å². The summed E-state index contributed by atoms with van der Waals surface area (Å²) in [7, 11) is 0. The average Bonchev–Trinajstić information content (AvgIpc) is 3.14. The van der Waals surface area contributed by atoms with Gasteiger partial charge in [-0.15, -0.1) is 0 Å². The Bertz CT molecular complexity index is 602. The van der Waals surface area contributed by atoms with E-state index in [1.165, 1.54) is 4.90 Å². The second-order valence-electron chi connectivity index (χ2n) is 6.27. The fourth-order valence-electron chi connectivity index (χ4n) is 3.71. The van der Waals surface area contributed by atoms with E-state index in [2.05, 4.69) is 4.90 Å². The van der Waals surface area contributed by atoms with Crippen molar-refractivity contribution in [2.75, 3.05) is 31.2 Å². The van der Waals surface area contributed by atoms with Crippen LogP contribution in [0.4, 0.5) is 5.69 Å². The van der Waals surface area contributed by atoms with Crippen molar-refractivity contribution in [3.05, 3.63) is 30.3 Å². The zero-order valence-electron chi connectivity index (χ0n) is 12.9. The van der Waals surface area contributed by atoms with Crippen molar-refractivity contribution in [2.45, 2.75) is 31.1 Å². The number of nitrogens with zero attached hydrogens (tertiary/aromatic N) is 2. The van der Waals surface area contributed by atoms with Gasteiger partial charge >= 0.3 is 0 Å². The van der Waals surface area contributed by atoms with Crippen LogP contribution in [-0.4, -0.2) is 54.8 Å². The molecule has 1 aromatic rings. The lowest BCUT2D eigenvalue weighted by molar-refractivity contribution is -0.188. The van der Waals surface area contributed by atoms with Crippen LogP contribution in [0.5, 0.6) is 0 Å². The van der Waals surface area contributed by atoms with Crippen LogP contribution < -0.4 is 4.90 Å². The number of hydrogen-bond acceptors (Lipinski definition) is 5. The molecule has 4 rings (SSSR count). The third kappa shape index (κ3) is 2.56. The number of carbonyl (C=O) groups excluding carboxylic acids is 2. The molecule has 0 N–H and O–H groups in total. The normalized spacial score (nSPS) is 28.0. The number of carbonyl (C=O) groups is 2. The summed E-state index contributed by atoms with van der Waals surface area (Å²) in [5.41, 5.74) is 0.654. The van der Waals surface area contributed by atoms with Crippen molar-refractivity contribution in [3.8, 4) is 0 Å². The molecule has 0 aliphatic carbocycles. The molecule has 3 saturated heterocycles. The molecule has 2 amide bonds. The third-order valence-electron chi connectivity index (χ3n) is 4.95. The summed E-state index contributed by atoms with van der Waals surface area (Å²) < 4.78 is 11.4. The Kier molecular flexibility index (Phi) is 3.67. The molecule has 1 unspecified atom stereocenters. The Labute approximate surface area is 134 Å². The molecule has 6 nitrogen and oxygen atoms in total. The van der Waals surface area contributed by atoms with Gasteiger partial charge in [-0.2, -0.15) is 0 Å². The zero-order valence-corrected chi connectivity index (χ0v) is 12.9. The van der Waals surface area contributed by atoms with Gasteiger partial charge in [-0.3, -0.25) is 14.5 Å². The maximum absolute atomic E-state index is 12.7. The molecular weight excluding hydrogens is 296 g/mol. The fourth-order valence-corrected chi connectivity index (χ4v) is 3.71. The lowest BCUT2D eigenvalue weighted by Crippen LogP contribution is -2.51. The molecule has 3 aliphatic rings.